The average molecular weight is 205 g/mol. The van der Waals surface area contributed by atoms with E-state index in [-0.39, 0.29) is 0 Å². The monoisotopic (exact) mass is 205 g/mol. The zero-order valence-corrected chi connectivity index (χ0v) is 10.8. The number of hydrogen-bond acceptors (Lipinski definition) is 1. The minimum atomic E-state index is 0.527. The van der Waals surface area contributed by atoms with Crippen molar-refractivity contribution in [3.8, 4) is 0 Å². The third kappa shape index (κ3) is 4.78. The molecule has 0 fully saturated rings. The predicted molar refractivity (Wildman–Crippen MR) is 70.1 cm³/mol. The fraction of sp³-hybridized carbons (Fsp3) is 0.500. The Kier molecular flexibility index (Phi) is 6.68. The molecule has 1 aromatic rings. The van der Waals surface area contributed by atoms with Crippen molar-refractivity contribution in [2.24, 2.45) is 10.9 Å². The Balaban J connectivity index is 0.000000921. The second kappa shape index (κ2) is 7.22. The molecule has 1 nitrogen and oxygen atoms in total. The van der Waals surface area contributed by atoms with Crippen LogP contribution in [-0.2, 0) is 0 Å². The van der Waals surface area contributed by atoms with E-state index in [9.17, 15) is 0 Å². The van der Waals surface area contributed by atoms with Crippen LogP contribution in [0.1, 0.15) is 40.2 Å². The lowest BCUT2D eigenvalue weighted by atomic mass is 10.1. The molecule has 0 atom stereocenters. The third-order valence-electron chi connectivity index (χ3n) is 2.25. The van der Waals surface area contributed by atoms with Crippen molar-refractivity contribution in [2.45, 2.75) is 41.5 Å². The van der Waals surface area contributed by atoms with Gasteiger partial charge in [-0.15, -0.1) is 0 Å². The number of benzene rings is 1. The number of nitrogens with zero attached hydrogens (tertiary/aromatic N) is 1. The van der Waals surface area contributed by atoms with Gasteiger partial charge in [0, 0.05) is 5.71 Å². The Labute approximate surface area is 94.3 Å². The van der Waals surface area contributed by atoms with Gasteiger partial charge >= 0.3 is 0 Å². The number of para-hydroxylation sites is 1. The molecule has 0 unspecified atom stereocenters. The normalized spacial score (nSPS) is 11.0. The fourth-order valence-corrected chi connectivity index (χ4v) is 1.01. The van der Waals surface area contributed by atoms with E-state index in [0.29, 0.717) is 5.92 Å². The van der Waals surface area contributed by atoms with E-state index in [1.807, 2.05) is 26.0 Å². The van der Waals surface area contributed by atoms with Crippen molar-refractivity contribution in [1.29, 1.82) is 0 Å². The molecule has 0 aromatic heterocycles. The molecule has 0 bridgehead atoms. The van der Waals surface area contributed by atoms with Gasteiger partial charge in [-0.05, 0) is 31.4 Å². The van der Waals surface area contributed by atoms with Crippen molar-refractivity contribution >= 4 is 11.4 Å². The van der Waals surface area contributed by atoms with Crippen molar-refractivity contribution < 1.29 is 0 Å². The summed E-state index contributed by atoms with van der Waals surface area (Å²) in [4.78, 5) is 4.57. The van der Waals surface area contributed by atoms with Gasteiger partial charge in [0.2, 0.25) is 0 Å². The Morgan fingerprint density at radius 1 is 1.13 bits per heavy atom. The van der Waals surface area contributed by atoms with Crippen molar-refractivity contribution in [1.82, 2.24) is 0 Å². The number of rotatable bonds is 2. The molecule has 0 aliphatic heterocycles. The highest BCUT2D eigenvalue weighted by atomic mass is 14.7. The van der Waals surface area contributed by atoms with Crippen LogP contribution >= 0.6 is 0 Å². The molecule has 0 amide bonds. The van der Waals surface area contributed by atoms with Gasteiger partial charge in [-0.3, -0.25) is 4.99 Å². The lowest BCUT2D eigenvalue weighted by Crippen LogP contribution is -2.00. The Hall–Kier alpha value is -1.11. The van der Waals surface area contributed by atoms with Gasteiger partial charge in [0.1, 0.15) is 0 Å². The summed E-state index contributed by atoms with van der Waals surface area (Å²) in [5.41, 5.74) is 3.52. The number of aryl methyl sites for hydroxylation is 1. The first-order chi connectivity index (χ1) is 7.11. The maximum absolute atomic E-state index is 4.57. The first-order valence-corrected chi connectivity index (χ1v) is 5.72. The molecular weight excluding hydrogens is 182 g/mol. The van der Waals surface area contributed by atoms with Crippen LogP contribution in [0.3, 0.4) is 0 Å². The maximum atomic E-state index is 4.57. The van der Waals surface area contributed by atoms with Crippen LogP contribution in [0.2, 0.25) is 0 Å². The van der Waals surface area contributed by atoms with Gasteiger partial charge in [0.15, 0.2) is 0 Å². The summed E-state index contributed by atoms with van der Waals surface area (Å²) in [7, 11) is 0. The van der Waals surface area contributed by atoms with E-state index in [1.165, 1.54) is 11.3 Å². The summed E-state index contributed by atoms with van der Waals surface area (Å²) in [5, 5.41) is 0. The molecule has 84 valence electrons. The molecular formula is C14H23N. The van der Waals surface area contributed by atoms with E-state index in [4.69, 9.17) is 0 Å². The standard InChI is InChI=1S/C12H17N.C2H6/c1-9(2)11(4)13-12-8-6-5-7-10(12)3;1-2/h5-9H,1-4H3;1-2H3. The van der Waals surface area contributed by atoms with Crippen LogP contribution in [0.5, 0.6) is 0 Å². The van der Waals surface area contributed by atoms with E-state index in [0.717, 1.165) is 5.69 Å². The molecule has 0 saturated heterocycles. The van der Waals surface area contributed by atoms with Gasteiger partial charge < -0.3 is 0 Å². The zero-order chi connectivity index (χ0) is 11.8. The molecule has 0 heterocycles. The number of aliphatic imine (C=N–C) groups is 1. The lowest BCUT2D eigenvalue weighted by Gasteiger charge is -2.05. The zero-order valence-electron chi connectivity index (χ0n) is 10.8. The molecule has 0 aliphatic carbocycles. The lowest BCUT2D eigenvalue weighted by molar-refractivity contribution is 0.878. The summed E-state index contributed by atoms with van der Waals surface area (Å²) in [6, 6.07) is 8.21. The summed E-state index contributed by atoms with van der Waals surface area (Å²) in [5.74, 6) is 0.527. The van der Waals surface area contributed by atoms with Crippen LogP contribution in [0, 0.1) is 12.8 Å². The second-order valence-electron chi connectivity index (χ2n) is 3.69. The topological polar surface area (TPSA) is 12.4 Å². The van der Waals surface area contributed by atoms with Gasteiger partial charge in [-0.1, -0.05) is 45.9 Å². The largest absolute Gasteiger partial charge is 0.258 e. The average Bonchev–Trinajstić information content (AvgIpc) is 2.24. The maximum Gasteiger partial charge on any atom is 0.0658 e. The first-order valence-electron chi connectivity index (χ1n) is 5.72. The van der Waals surface area contributed by atoms with Crippen LogP contribution in [-0.4, -0.2) is 5.71 Å². The third-order valence-corrected chi connectivity index (χ3v) is 2.25. The SMILES string of the molecule is CC.CC(=Nc1ccccc1C)C(C)C. The van der Waals surface area contributed by atoms with E-state index < -0.39 is 0 Å². The van der Waals surface area contributed by atoms with Crippen molar-refractivity contribution in [3.05, 3.63) is 29.8 Å². The van der Waals surface area contributed by atoms with E-state index in [2.05, 4.69) is 44.8 Å². The minimum Gasteiger partial charge on any atom is -0.258 e. The van der Waals surface area contributed by atoms with Gasteiger partial charge in [0.25, 0.3) is 0 Å². The first kappa shape index (κ1) is 13.9. The molecule has 0 saturated carbocycles. The molecule has 0 spiro atoms. The smallest absolute Gasteiger partial charge is 0.0658 e. The molecule has 1 rings (SSSR count). The molecule has 15 heavy (non-hydrogen) atoms. The predicted octanol–water partition coefficient (Wildman–Crippen LogP) is 4.77. The molecule has 0 N–H and O–H groups in total. The molecule has 0 radical (unpaired) electrons. The van der Waals surface area contributed by atoms with Gasteiger partial charge in [-0.2, -0.15) is 0 Å². The van der Waals surface area contributed by atoms with Crippen LogP contribution in [0.25, 0.3) is 0 Å². The Bertz CT molecular complexity index is 311. The number of hydrogen-bond donors (Lipinski definition) is 0. The Morgan fingerprint density at radius 3 is 2.13 bits per heavy atom. The highest BCUT2D eigenvalue weighted by molar-refractivity contribution is 5.86. The van der Waals surface area contributed by atoms with Crippen molar-refractivity contribution in [3.63, 3.8) is 0 Å². The highest BCUT2D eigenvalue weighted by Crippen LogP contribution is 2.18. The second-order valence-corrected chi connectivity index (χ2v) is 3.69. The summed E-state index contributed by atoms with van der Waals surface area (Å²) in [6.07, 6.45) is 0. The van der Waals surface area contributed by atoms with Crippen LogP contribution in [0.4, 0.5) is 5.69 Å². The van der Waals surface area contributed by atoms with Crippen molar-refractivity contribution in [2.75, 3.05) is 0 Å². The van der Waals surface area contributed by atoms with Gasteiger partial charge in [-0.25, -0.2) is 0 Å². The molecule has 0 aliphatic rings. The highest BCUT2D eigenvalue weighted by Gasteiger charge is 1.99. The van der Waals surface area contributed by atoms with E-state index >= 15 is 0 Å². The van der Waals surface area contributed by atoms with Gasteiger partial charge in [0.05, 0.1) is 5.69 Å². The fourth-order valence-electron chi connectivity index (χ4n) is 1.01. The Morgan fingerprint density at radius 2 is 1.67 bits per heavy atom. The summed E-state index contributed by atoms with van der Waals surface area (Å²) >= 11 is 0. The summed E-state index contributed by atoms with van der Waals surface area (Å²) in [6.45, 7) is 12.5. The van der Waals surface area contributed by atoms with Crippen LogP contribution in [0.15, 0.2) is 29.3 Å². The molecule has 1 heteroatoms. The van der Waals surface area contributed by atoms with Crippen LogP contribution < -0.4 is 0 Å². The molecule has 1 aromatic carbocycles. The quantitative estimate of drug-likeness (QED) is 0.617. The minimum absolute atomic E-state index is 0.527. The van der Waals surface area contributed by atoms with E-state index in [1.54, 1.807) is 0 Å². The summed E-state index contributed by atoms with van der Waals surface area (Å²) < 4.78 is 0.